The van der Waals surface area contributed by atoms with Crippen LogP contribution >= 0.6 is 0 Å². The molecule has 17 heteroatoms. The molecule has 0 saturated heterocycles. The van der Waals surface area contributed by atoms with E-state index in [4.69, 9.17) is 14.2 Å². The number of methoxy groups -OCH3 is 1. The number of ether oxygens (including phenoxy) is 3. The third-order valence-corrected chi connectivity index (χ3v) is 4.94. The molecule has 0 aliphatic rings. The number of nitrogens with zero attached hydrogens (tertiary/aromatic N) is 5. The van der Waals surface area contributed by atoms with E-state index in [-0.39, 0.29) is 30.4 Å². The monoisotopic (exact) mass is 542 g/mol. The van der Waals surface area contributed by atoms with Crippen molar-refractivity contribution < 1.29 is 33.9 Å². The maximum atomic E-state index is 11.3. The summed E-state index contributed by atoms with van der Waals surface area (Å²) >= 11 is 0. The SMILES string of the molecule is COc1cccc(/C=N/Nc2ccc([N+](=O)[O-])cc2[N+](=O)[O-])c1OCCOc1ccc([N+](=O)[O-])cc1[N+](=O)[O-]. The van der Waals surface area contributed by atoms with Gasteiger partial charge in [-0.25, -0.2) is 0 Å². The molecule has 17 nitrogen and oxygen atoms in total. The maximum absolute atomic E-state index is 11.3. The van der Waals surface area contributed by atoms with E-state index in [0.29, 0.717) is 11.3 Å². The lowest BCUT2D eigenvalue weighted by atomic mass is 10.2. The Kier molecular flexibility index (Phi) is 8.80. The van der Waals surface area contributed by atoms with Crippen molar-refractivity contribution in [3.8, 4) is 17.2 Å². The van der Waals surface area contributed by atoms with E-state index in [1.165, 1.54) is 13.3 Å². The minimum atomic E-state index is -0.805. The average Bonchev–Trinajstić information content (AvgIpc) is 2.91. The van der Waals surface area contributed by atoms with Crippen molar-refractivity contribution >= 4 is 34.7 Å². The van der Waals surface area contributed by atoms with Crippen molar-refractivity contribution in [1.29, 1.82) is 0 Å². The molecule has 0 aromatic heterocycles. The van der Waals surface area contributed by atoms with Gasteiger partial charge in [-0.15, -0.1) is 0 Å². The van der Waals surface area contributed by atoms with E-state index in [0.717, 1.165) is 36.4 Å². The largest absolute Gasteiger partial charge is 0.493 e. The summed E-state index contributed by atoms with van der Waals surface area (Å²) in [6, 6.07) is 10.8. The lowest BCUT2D eigenvalue weighted by Crippen LogP contribution is -2.11. The molecule has 0 fully saturated rings. The fourth-order valence-corrected chi connectivity index (χ4v) is 3.18. The van der Waals surface area contributed by atoms with Gasteiger partial charge in [-0.05, 0) is 24.3 Å². The topological polar surface area (TPSA) is 225 Å². The smallest absolute Gasteiger partial charge is 0.317 e. The van der Waals surface area contributed by atoms with Crippen LogP contribution in [0, 0.1) is 40.5 Å². The number of nitrogens with one attached hydrogen (secondary N) is 1. The number of non-ortho nitro benzene ring substituents is 2. The molecule has 0 radical (unpaired) electrons. The van der Waals surface area contributed by atoms with Crippen LogP contribution in [-0.4, -0.2) is 46.2 Å². The van der Waals surface area contributed by atoms with E-state index in [2.05, 4.69) is 10.5 Å². The third-order valence-electron chi connectivity index (χ3n) is 4.94. The molecule has 3 rings (SSSR count). The number of hydrogen-bond donors (Lipinski definition) is 1. The first-order valence-electron chi connectivity index (χ1n) is 10.7. The Morgan fingerprint density at radius 2 is 1.38 bits per heavy atom. The summed E-state index contributed by atoms with van der Waals surface area (Å²) in [5, 5.41) is 48.3. The van der Waals surface area contributed by atoms with Gasteiger partial charge in [0, 0.05) is 17.7 Å². The summed E-state index contributed by atoms with van der Waals surface area (Å²) in [6.07, 6.45) is 1.27. The molecule has 0 heterocycles. The first-order chi connectivity index (χ1) is 18.6. The summed E-state index contributed by atoms with van der Waals surface area (Å²) in [4.78, 5) is 41.2. The molecule has 0 unspecified atom stereocenters. The first-order valence-corrected chi connectivity index (χ1v) is 10.7. The van der Waals surface area contributed by atoms with Crippen LogP contribution in [0.4, 0.5) is 28.4 Å². The lowest BCUT2D eigenvalue weighted by molar-refractivity contribution is -0.394. The van der Waals surface area contributed by atoms with E-state index in [9.17, 15) is 40.5 Å². The molecule has 0 spiro atoms. The van der Waals surface area contributed by atoms with Crippen molar-refractivity contribution in [3.05, 3.63) is 101 Å². The Labute approximate surface area is 217 Å². The average molecular weight is 542 g/mol. The molecule has 202 valence electrons. The predicted octanol–water partition coefficient (Wildman–Crippen LogP) is 4.23. The Morgan fingerprint density at radius 1 is 0.769 bits per heavy atom. The van der Waals surface area contributed by atoms with Crippen LogP contribution in [0.3, 0.4) is 0 Å². The van der Waals surface area contributed by atoms with Crippen LogP contribution in [0.25, 0.3) is 0 Å². The third kappa shape index (κ3) is 6.88. The normalized spacial score (nSPS) is 10.6. The fraction of sp³-hybridized carbons (Fsp3) is 0.136. The van der Waals surface area contributed by atoms with Gasteiger partial charge in [-0.2, -0.15) is 5.10 Å². The van der Waals surface area contributed by atoms with Gasteiger partial charge in [-0.3, -0.25) is 45.9 Å². The summed E-state index contributed by atoms with van der Waals surface area (Å²) in [6.45, 7) is -0.308. The summed E-state index contributed by atoms with van der Waals surface area (Å²) < 4.78 is 16.4. The second kappa shape index (κ2) is 12.4. The number of benzene rings is 3. The van der Waals surface area contributed by atoms with Crippen molar-refractivity contribution in [2.75, 3.05) is 25.7 Å². The maximum Gasteiger partial charge on any atom is 0.317 e. The van der Waals surface area contributed by atoms with Crippen molar-refractivity contribution in [2.45, 2.75) is 0 Å². The van der Waals surface area contributed by atoms with Crippen LogP contribution in [0.1, 0.15) is 5.56 Å². The highest BCUT2D eigenvalue weighted by Gasteiger charge is 2.21. The second-order valence-corrected chi connectivity index (χ2v) is 7.33. The van der Waals surface area contributed by atoms with Crippen LogP contribution in [0.15, 0.2) is 59.7 Å². The van der Waals surface area contributed by atoms with E-state index < -0.39 is 42.4 Å². The number of anilines is 1. The molecule has 0 saturated carbocycles. The van der Waals surface area contributed by atoms with Crippen molar-refractivity contribution in [3.63, 3.8) is 0 Å². The molecule has 0 aliphatic heterocycles. The Bertz CT molecular complexity index is 1460. The summed E-state index contributed by atoms with van der Waals surface area (Å²) in [5.74, 6) is 0.303. The number of rotatable bonds is 13. The van der Waals surface area contributed by atoms with Gasteiger partial charge in [0.2, 0.25) is 0 Å². The Hall–Kier alpha value is -5.87. The van der Waals surface area contributed by atoms with Crippen LogP contribution in [0.2, 0.25) is 0 Å². The molecule has 0 bridgehead atoms. The van der Waals surface area contributed by atoms with Gasteiger partial charge in [0.25, 0.3) is 11.4 Å². The number of para-hydroxylation sites is 1. The minimum Gasteiger partial charge on any atom is -0.493 e. The second-order valence-electron chi connectivity index (χ2n) is 7.33. The zero-order valence-corrected chi connectivity index (χ0v) is 19.9. The van der Waals surface area contributed by atoms with E-state index in [1.807, 2.05) is 0 Å². The van der Waals surface area contributed by atoms with E-state index in [1.54, 1.807) is 18.2 Å². The molecular formula is C22H18N6O11. The van der Waals surface area contributed by atoms with Crippen molar-refractivity contribution in [1.82, 2.24) is 0 Å². The Morgan fingerprint density at radius 3 is 2.00 bits per heavy atom. The number of nitro groups is 4. The number of hydrazone groups is 1. The molecule has 3 aromatic rings. The summed E-state index contributed by atoms with van der Waals surface area (Å²) in [5.41, 5.74) is 0.683. The zero-order valence-electron chi connectivity index (χ0n) is 19.9. The lowest BCUT2D eigenvalue weighted by Gasteiger charge is -2.13. The van der Waals surface area contributed by atoms with Crippen LogP contribution < -0.4 is 19.6 Å². The van der Waals surface area contributed by atoms with Gasteiger partial charge in [0.15, 0.2) is 17.2 Å². The highest BCUT2D eigenvalue weighted by molar-refractivity contribution is 5.85. The number of nitro benzene ring substituents is 4. The predicted molar refractivity (Wildman–Crippen MR) is 135 cm³/mol. The first kappa shape index (κ1) is 27.7. The van der Waals surface area contributed by atoms with Crippen LogP contribution in [-0.2, 0) is 0 Å². The van der Waals surface area contributed by atoms with E-state index >= 15 is 0 Å². The minimum absolute atomic E-state index is 0.0923. The van der Waals surface area contributed by atoms with Gasteiger partial charge in [0.1, 0.15) is 18.9 Å². The summed E-state index contributed by atoms with van der Waals surface area (Å²) in [7, 11) is 1.39. The molecular weight excluding hydrogens is 524 g/mol. The molecule has 1 N–H and O–H groups in total. The van der Waals surface area contributed by atoms with Gasteiger partial charge in [-0.1, -0.05) is 6.07 Å². The highest BCUT2D eigenvalue weighted by Crippen LogP contribution is 2.33. The van der Waals surface area contributed by atoms with Crippen molar-refractivity contribution in [2.24, 2.45) is 5.10 Å². The van der Waals surface area contributed by atoms with Gasteiger partial charge in [0.05, 0.1) is 45.2 Å². The molecule has 0 amide bonds. The molecule has 0 aliphatic carbocycles. The molecule has 39 heavy (non-hydrogen) atoms. The quantitative estimate of drug-likeness (QED) is 0.138. The Balaban J connectivity index is 1.73. The van der Waals surface area contributed by atoms with Gasteiger partial charge < -0.3 is 14.2 Å². The molecule has 3 aromatic carbocycles. The zero-order chi connectivity index (χ0) is 28.5. The van der Waals surface area contributed by atoms with Gasteiger partial charge >= 0.3 is 11.4 Å². The molecule has 0 atom stereocenters. The number of hydrogen-bond acceptors (Lipinski definition) is 13. The standard InChI is InChI=1S/C22H18N6O11/c1-37-21-4-2-3-14(13-23-24-17-7-5-15(25(29)30)11-18(17)27(33)34)22(21)39-10-9-38-20-8-6-16(26(31)32)12-19(20)28(35)36/h2-8,11-13,24H,9-10H2,1H3/b23-13+. The fourth-order valence-electron chi connectivity index (χ4n) is 3.18. The van der Waals surface area contributed by atoms with Crippen LogP contribution in [0.5, 0.6) is 17.2 Å². The highest BCUT2D eigenvalue weighted by atomic mass is 16.6.